The second-order valence-electron chi connectivity index (χ2n) is 5.40. The molecule has 0 fully saturated rings. The highest BCUT2D eigenvalue weighted by Crippen LogP contribution is 2.32. The summed E-state index contributed by atoms with van der Waals surface area (Å²) in [6.07, 6.45) is 3.65. The predicted molar refractivity (Wildman–Crippen MR) is 84.6 cm³/mol. The number of hydrogen-bond acceptors (Lipinski definition) is 3. The topological polar surface area (TPSA) is 21.3 Å². The Morgan fingerprint density at radius 1 is 1.30 bits per heavy atom. The van der Waals surface area contributed by atoms with Crippen molar-refractivity contribution in [2.45, 2.75) is 38.8 Å². The molecule has 0 amide bonds. The third kappa shape index (κ3) is 2.89. The Labute approximate surface area is 124 Å². The molecule has 1 heterocycles. The third-order valence-electron chi connectivity index (χ3n) is 3.98. The standard InChI is InChI=1S/C17H21NOS/c1-12-6-8-15(20-12)11-18-17-5-3-4-13-10-14(19-2)7-9-16(13)17/h6-10,17-18H,3-5,11H2,1-2H3. The maximum atomic E-state index is 5.33. The monoisotopic (exact) mass is 287 g/mol. The van der Waals surface area contributed by atoms with Crippen molar-refractivity contribution in [3.8, 4) is 5.75 Å². The molecule has 1 atom stereocenters. The summed E-state index contributed by atoms with van der Waals surface area (Å²) in [5.74, 6) is 0.971. The van der Waals surface area contributed by atoms with Crippen LogP contribution >= 0.6 is 11.3 Å². The summed E-state index contributed by atoms with van der Waals surface area (Å²) in [5, 5.41) is 3.71. The van der Waals surface area contributed by atoms with Gasteiger partial charge in [0, 0.05) is 22.3 Å². The number of rotatable bonds is 4. The molecule has 1 aromatic carbocycles. The zero-order chi connectivity index (χ0) is 13.9. The number of ether oxygens (including phenoxy) is 1. The van der Waals surface area contributed by atoms with E-state index < -0.39 is 0 Å². The van der Waals surface area contributed by atoms with Gasteiger partial charge in [-0.25, -0.2) is 0 Å². The minimum absolute atomic E-state index is 0.479. The molecule has 0 spiro atoms. The number of fused-ring (bicyclic) bond motifs is 1. The lowest BCUT2D eigenvalue weighted by Crippen LogP contribution is -2.24. The normalized spacial score (nSPS) is 17.8. The highest BCUT2D eigenvalue weighted by molar-refractivity contribution is 7.11. The molecule has 3 heteroatoms. The summed E-state index contributed by atoms with van der Waals surface area (Å²) in [5.41, 5.74) is 2.89. The lowest BCUT2D eigenvalue weighted by molar-refractivity contribution is 0.410. The van der Waals surface area contributed by atoms with Crippen molar-refractivity contribution in [1.29, 1.82) is 0 Å². The van der Waals surface area contributed by atoms with Crippen molar-refractivity contribution in [3.05, 3.63) is 51.2 Å². The van der Waals surface area contributed by atoms with E-state index in [9.17, 15) is 0 Å². The molecule has 0 aliphatic heterocycles. The van der Waals surface area contributed by atoms with Gasteiger partial charge in [0.2, 0.25) is 0 Å². The van der Waals surface area contributed by atoms with E-state index >= 15 is 0 Å². The Hall–Kier alpha value is -1.32. The first-order valence-electron chi connectivity index (χ1n) is 7.22. The maximum Gasteiger partial charge on any atom is 0.119 e. The number of aryl methyl sites for hydroxylation is 2. The Balaban J connectivity index is 1.73. The van der Waals surface area contributed by atoms with Gasteiger partial charge in [-0.2, -0.15) is 0 Å². The molecule has 1 aliphatic rings. The van der Waals surface area contributed by atoms with Crippen LogP contribution in [0.25, 0.3) is 0 Å². The largest absolute Gasteiger partial charge is 0.497 e. The Morgan fingerprint density at radius 3 is 2.95 bits per heavy atom. The first-order valence-corrected chi connectivity index (χ1v) is 8.03. The minimum atomic E-state index is 0.479. The first-order chi connectivity index (χ1) is 9.76. The smallest absolute Gasteiger partial charge is 0.119 e. The second kappa shape index (κ2) is 5.98. The fraction of sp³-hybridized carbons (Fsp3) is 0.412. The van der Waals surface area contributed by atoms with Gasteiger partial charge in [-0.05, 0) is 61.6 Å². The van der Waals surface area contributed by atoms with Gasteiger partial charge in [0.15, 0.2) is 0 Å². The number of nitrogens with one attached hydrogen (secondary N) is 1. The summed E-state index contributed by atoms with van der Waals surface area (Å²) < 4.78 is 5.33. The van der Waals surface area contributed by atoms with Gasteiger partial charge in [-0.1, -0.05) is 6.07 Å². The molecule has 0 saturated heterocycles. The van der Waals surface area contributed by atoms with E-state index in [0.29, 0.717) is 6.04 Å². The van der Waals surface area contributed by atoms with Gasteiger partial charge >= 0.3 is 0 Å². The van der Waals surface area contributed by atoms with Crippen molar-refractivity contribution < 1.29 is 4.74 Å². The van der Waals surface area contributed by atoms with Crippen LogP contribution in [0.2, 0.25) is 0 Å². The quantitative estimate of drug-likeness (QED) is 0.908. The Kier molecular flexibility index (Phi) is 4.08. The van der Waals surface area contributed by atoms with E-state index in [0.717, 1.165) is 12.3 Å². The molecule has 1 aliphatic carbocycles. The number of benzene rings is 1. The SMILES string of the molecule is COc1ccc2c(c1)CCCC2NCc1ccc(C)s1. The zero-order valence-electron chi connectivity index (χ0n) is 12.1. The minimum Gasteiger partial charge on any atom is -0.497 e. The molecule has 1 N–H and O–H groups in total. The summed E-state index contributed by atoms with van der Waals surface area (Å²) in [4.78, 5) is 2.80. The van der Waals surface area contributed by atoms with E-state index in [2.05, 4.69) is 42.6 Å². The molecule has 2 aromatic rings. The van der Waals surface area contributed by atoms with E-state index in [-0.39, 0.29) is 0 Å². The van der Waals surface area contributed by atoms with Crippen molar-refractivity contribution in [1.82, 2.24) is 5.32 Å². The molecule has 0 radical (unpaired) electrons. The molecule has 3 rings (SSSR count). The van der Waals surface area contributed by atoms with Gasteiger partial charge in [-0.3, -0.25) is 0 Å². The highest BCUT2D eigenvalue weighted by atomic mass is 32.1. The van der Waals surface area contributed by atoms with Crippen LogP contribution in [0.4, 0.5) is 0 Å². The number of hydrogen-bond donors (Lipinski definition) is 1. The van der Waals surface area contributed by atoms with Gasteiger partial charge in [0.25, 0.3) is 0 Å². The van der Waals surface area contributed by atoms with Gasteiger partial charge < -0.3 is 10.1 Å². The van der Waals surface area contributed by atoms with Crippen molar-refractivity contribution in [3.63, 3.8) is 0 Å². The summed E-state index contributed by atoms with van der Waals surface area (Å²) in [6, 6.07) is 11.4. The van der Waals surface area contributed by atoms with Crippen molar-refractivity contribution >= 4 is 11.3 Å². The summed E-state index contributed by atoms with van der Waals surface area (Å²) in [6.45, 7) is 3.13. The molecule has 1 aromatic heterocycles. The van der Waals surface area contributed by atoms with Crippen molar-refractivity contribution in [2.24, 2.45) is 0 Å². The highest BCUT2D eigenvalue weighted by Gasteiger charge is 2.20. The lowest BCUT2D eigenvalue weighted by Gasteiger charge is -2.26. The van der Waals surface area contributed by atoms with Crippen LogP contribution < -0.4 is 10.1 Å². The van der Waals surface area contributed by atoms with Gasteiger partial charge in [0.1, 0.15) is 5.75 Å². The van der Waals surface area contributed by atoms with E-state index in [1.165, 1.54) is 40.1 Å². The predicted octanol–water partition coefficient (Wildman–Crippen LogP) is 4.23. The molecule has 0 bridgehead atoms. The molecular weight excluding hydrogens is 266 g/mol. The summed E-state index contributed by atoms with van der Waals surface area (Å²) >= 11 is 1.88. The Morgan fingerprint density at radius 2 is 2.20 bits per heavy atom. The van der Waals surface area contributed by atoms with Gasteiger partial charge in [0.05, 0.1) is 7.11 Å². The summed E-state index contributed by atoms with van der Waals surface area (Å²) in [7, 11) is 1.74. The third-order valence-corrected chi connectivity index (χ3v) is 4.98. The van der Waals surface area contributed by atoms with Crippen molar-refractivity contribution in [2.75, 3.05) is 7.11 Å². The van der Waals surface area contributed by atoms with Crippen LogP contribution in [0.5, 0.6) is 5.75 Å². The molecule has 106 valence electrons. The van der Waals surface area contributed by atoms with Crippen LogP contribution in [0.1, 0.15) is 39.8 Å². The molecule has 2 nitrogen and oxygen atoms in total. The Bertz CT molecular complexity index is 590. The fourth-order valence-electron chi connectivity index (χ4n) is 2.93. The average Bonchev–Trinajstić information content (AvgIpc) is 2.90. The van der Waals surface area contributed by atoms with E-state index in [1.54, 1.807) is 7.11 Å². The van der Waals surface area contributed by atoms with Gasteiger partial charge in [-0.15, -0.1) is 11.3 Å². The van der Waals surface area contributed by atoms with Crippen LogP contribution in [0, 0.1) is 6.92 Å². The van der Waals surface area contributed by atoms with Crippen LogP contribution in [-0.2, 0) is 13.0 Å². The first kappa shape index (κ1) is 13.7. The average molecular weight is 287 g/mol. The molecule has 20 heavy (non-hydrogen) atoms. The van der Waals surface area contributed by atoms with E-state index in [4.69, 9.17) is 4.74 Å². The molecule has 0 saturated carbocycles. The fourth-order valence-corrected chi connectivity index (χ4v) is 3.77. The molecular formula is C17H21NOS. The number of thiophene rings is 1. The van der Waals surface area contributed by atoms with Crippen LogP contribution in [0.15, 0.2) is 30.3 Å². The van der Waals surface area contributed by atoms with E-state index in [1.807, 2.05) is 11.3 Å². The lowest BCUT2D eigenvalue weighted by atomic mass is 9.87. The van der Waals surface area contributed by atoms with Crippen LogP contribution in [0.3, 0.4) is 0 Å². The maximum absolute atomic E-state index is 5.33. The second-order valence-corrected chi connectivity index (χ2v) is 6.78. The molecule has 1 unspecified atom stereocenters. The number of methoxy groups -OCH3 is 1. The zero-order valence-corrected chi connectivity index (χ0v) is 12.9. The van der Waals surface area contributed by atoms with Crippen LogP contribution in [-0.4, -0.2) is 7.11 Å².